The van der Waals surface area contributed by atoms with Gasteiger partial charge in [-0.1, -0.05) is 0 Å². The highest BCUT2D eigenvalue weighted by Gasteiger charge is 2.45. The normalized spacial score (nSPS) is 21.6. The van der Waals surface area contributed by atoms with E-state index in [-0.39, 0.29) is 18.3 Å². The Morgan fingerprint density at radius 3 is 2.60 bits per heavy atom. The summed E-state index contributed by atoms with van der Waals surface area (Å²) >= 11 is 0. The van der Waals surface area contributed by atoms with Crippen LogP contribution in [0.2, 0.25) is 0 Å². The predicted octanol–water partition coefficient (Wildman–Crippen LogP) is 1.39. The highest BCUT2D eigenvalue weighted by Crippen LogP contribution is 2.32. The fraction of sp³-hybridized carbons (Fsp3) is 0.714. The molecule has 0 spiro atoms. The number of aromatic nitrogens is 2. The number of nitrogens with zero attached hydrogens (tertiary/aromatic N) is 3. The Kier molecular flexibility index (Phi) is 4.70. The summed E-state index contributed by atoms with van der Waals surface area (Å²) < 4.78 is 1.88. The standard InChI is InChI=1S/C14H22N4O.ClH/c1-17(12-4-2-5-12)13(19)14(6-9-15-10-7-14)18-11-3-8-16-18;/h3,8,11-12,15H,2,4-7,9-10H2,1H3;1H. The van der Waals surface area contributed by atoms with Gasteiger partial charge in [0.05, 0.1) is 0 Å². The van der Waals surface area contributed by atoms with Crippen LogP contribution in [-0.2, 0) is 10.3 Å². The number of hydrogen-bond acceptors (Lipinski definition) is 3. The molecule has 1 saturated carbocycles. The molecule has 0 atom stereocenters. The summed E-state index contributed by atoms with van der Waals surface area (Å²) in [5, 5.41) is 7.70. The van der Waals surface area contributed by atoms with Crippen molar-refractivity contribution < 1.29 is 4.79 Å². The number of piperidine rings is 1. The van der Waals surface area contributed by atoms with E-state index in [0.29, 0.717) is 6.04 Å². The maximum absolute atomic E-state index is 13.0. The van der Waals surface area contributed by atoms with Gasteiger partial charge in [0.1, 0.15) is 5.54 Å². The maximum atomic E-state index is 13.0. The molecule has 0 radical (unpaired) electrons. The second-order valence-corrected chi connectivity index (χ2v) is 5.73. The maximum Gasteiger partial charge on any atom is 0.250 e. The van der Waals surface area contributed by atoms with Crippen LogP contribution in [-0.4, -0.2) is 46.8 Å². The molecule has 6 heteroatoms. The molecule has 5 nitrogen and oxygen atoms in total. The second-order valence-electron chi connectivity index (χ2n) is 5.73. The molecule has 1 N–H and O–H groups in total. The summed E-state index contributed by atoms with van der Waals surface area (Å²) in [5.41, 5.74) is -0.473. The minimum Gasteiger partial charge on any atom is -0.341 e. The molecule has 1 aromatic heterocycles. The number of rotatable bonds is 3. The monoisotopic (exact) mass is 298 g/mol. The topological polar surface area (TPSA) is 50.2 Å². The molecule has 1 aliphatic carbocycles. The third kappa shape index (κ3) is 2.44. The summed E-state index contributed by atoms with van der Waals surface area (Å²) in [5.74, 6) is 0.238. The van der Waals surface area contributed by atoms with Crippen molar-refractivity contribution in [1.29, 1.82) is 0 Å². The Bertz CT molecular complexity index is 438. The Labute approximate surface area is 126 Å². The lowest BCUT2D eigenvalue weighted by molar-refractivity contribution is -0.145. The van der Waals surface area contributed by atoms with E-state index >= 15 is 0 Å². The Hall–Kier alpha value is -1.07. The van der Waals surface area contributed by atoms with Gasteiger partial charge in [0.15, 0.2) is 0 Å². The van der Waals surface area contributed by atoms with Crippen LogP contribution in [0.3, 0.4) is 0 Å². The number of likely N-dealkylation sites (N-methyl/N-ethyl adjacent to an activating group) is 1. The lowest BCUT2D eigenvalue weighted by Gasteiger charge is -2.43. The fourth-order valence-corrected chi connectivity index (χ4v) is 3.17. The molecule has 1 amide bonds. The number of nitrogens with one attached hydrogen (secondary N) is 1. The van der Waals surface area contributed by atoms with Crippen molar-refractivity contribution in [1.82, 2.24) is 20.0 Å². The van der Waals surface area contributed by atoms with E-state index < -0.39 is 5.54 Å². The van der Waals surface area contributed by atoms with Gasteiger partial charge in [0, 0.05) is 25.5 Å². The number of carbonyl (C=O) groups is 1. The van der Waals surface area contributed by atoms with Crippen molar-refractivity contribution >= 4 is 18.3 Å². The molecule has 20 heavy (non-hydrogen) atoms. The number of hydrogen-bond donors (Lipinski definition) is 1. The molecule has 2 heterocycles. The van der Waals surface area contributed by atoms with E-state index in [0.717, 1.165) is 38.8 Å². The van der Waals surface area contributed by atoms with Crippen molar-refractivity contribution in [3.05, 3.63) is 18.5 Å². The molecular weight excluding hydrogens is 276 g/mol. The van der Waals surface area contributed by atoms with Crippen molar-refractivity contribution in [2.75, 3.05) is 20.1 Å². The van der Waals surface area contributed by atoms with E-state index in [1.807, 2.05) is 28.9 Å². The largest absolute Gasteiger partial charge is 0.341 e. The SMILES string of the molecule is CN(C(=O)C1(n2cccn2)CCNCC1)C1CCC1.Cl. The molecule has 1 aromatic rings. The molecular formula is C14H23ClN4O. The molecule has 0 bridgehead atoms. The zero-order valence-electron chi connectivity index (χ0n) is 11.9. The fourth-order valence-electron chi connectivity index (χ4n) is 3.17. The third-order valence-corrected chi connectivity index (χ3v) is 4.71. The lowest BCUT2D eigenvalue weighted by Crippen LogP contribution is -2.57. The second kappa shape index (κ2) is 6.14. The summed E-state index contributed by atoms with van der Waals surface area (Å²) in [6, 6.07) is 2.34. The average Bonchev–Trinajstić information content (AvgIpc) is 2.91. The molecule has 112 valence electrons. The van der Waals surface area contributed by atoms with Crippen LogP contribution in [0.1, 0.15) is 32.1 Å². The highest BCUT2D eigenvalue weighted by molar-refractivity contribution is 5.85. The van der Waals surface area contributed by atoms with Gasteiger partial charge in [-0.2, -0.15) is 5.10 Å². The molecule has 3 rings (SSSR count). The zero-order valence-corrected chi connectivity index (χ0v) is 12.7. The average molecular weight is 299 g/mol. The number of halogens is 1. The van der Waals surface area contributed by atoms with Gasteiger partial charge < -0.3 is 10.2 Å². The molecule has 0 aromatic carbocycles. The van der Waals surface area contributed by atoms with E-state index in [2.05, 4.69) is 10.4 Å². The van der Waals surface area contributed by atoms with Crippen molar-refractivity contribution in [2.24, 2.45) is 0 Å². The lowest BCUT2D eigenvalue weighted by atomic mass is 9.84. The van der Waals surface area contributed by atoms with Gasteiger partial charge in [0.25, 0.3) is 5.91 Å². The van der Waals surface area contributed by atoms with Crippen LogP contribution in [0.15, 0.2) is 18.5 Å². The predicted molar refractivity (Wildman–Crippen MR) is 80.0 cm³/mol. The van der Waals surface area contributed by atoms with E-state index in [1.165, 1.54) is 6.42 Å². The first kappa shape index (κ1) is 15.3. The summed E-state index contributed by atoms with van der Waals surface area (Å²) in [6.45, 7) is 1.76. The molecule has 1 aliphatic heterocycles. The Morgan fingerprint density at radius 1 is 1.40 bits per heavy atom. The molecule has 2 fully saturated rings. The van der Waals surface area contributed by atoms with Gasteiger partial charge in [0.2, 0.25) is 0 Å². The molecule has 0 unspecified atom stereocenters. The van der Waals surface area contributed by atoms with Gasteiger partial charge >= 0.3 is 0 Å². The van der Waals surface area contributed by atoms with Crippen LogP contribution in [0.4, 0.5) is 0 Å². The minimum atomic E-state index is -0.473. The molecule has 2 aliphatic rings. The summed E-state index contributed by atoms with van der Waals surface area (Å²) in [7, 11) is 1.96. The zero-order chi connectivity index (χ0) is 13.3. The Balaban J connectivity index is 0.00000147. The minimum absolute atomic E-state index is 0. The van der Waals surface area contributed by atoms with E-state index in [9.17, 15) is 4.79 Å². The van der Waals surface area contributed by atoms with E-state index in [1.54, 1.807) is 6.20 Å². The highest BCUT2D eigenvalue weighted by atomic mass is 35.5. The smallest absolute Gasteiger partial charge is 0.250 e. The van der Waals surface area contributed by atoms with Crippen LogP contribution < -0.4 is 5.32 Å². The summed E-state index contributed by atoms with van der Waals surface area (Å²) in [4.78, 5) is 15.0. The van der Waals surface area contributed by atoms with Crippen LogP contribution >= 0.6 is 12.4 Å². The van der Waals surface area contributed by atoms with Gasteiger partial charge in [-0.3, -0.25) is 9.48 Å². The van der Waals surface area contributed by atoms with Gasteiger partial charge in [-0.05, 0) is 51.3 Å². The number of carbonyl (C=O) groups excluding carboxylic acids is 1. The van der Waals surface area contributed by atoms with Gasteiger partial charge in [-0.25, -0.2) is 0 Å². The summed E-state index contributed by atoms with van der Waals surface area (Å²) in [6.07, 6.45) is 8.89. The third-order valence-electron chi connectivity index (χ3n) is 4.71. The molecule has 1 saturated heterocycles. The van der Waals surface area contributed by atoms with Crippen LogP contribution in [0, 0.1) is 0 Å². The number of amides is 1. The van der Waals surface area contributed by atoms with Gasteiger partial charge in [-0.15, -0.1) is 12.4 Å². The van der Waals surface area contributed by atoms with Crippen LogP contribution in [0.25, 0.3) is 0 Å². The van der Waals surface area contributed by atoms with Crippen molar-refractivity contribution in [3.63, 3.8) is 0 Å². The van der Waals surface area contributed by atoms with Crippen molar-refractivity contribution in [3.8, 4) is 0 Å². The van der Waals surface area contributed by atoms with Crippen molar-refractivity contribution in [2.45, 2.75) is 43.7 Å². The Morgan fingerprint density at radius 2 is 2.10 bits per heavy atom. The van der Waals surface area contributed by atoms with E-state index in [4.69, 9.17) is 0 Å². The van der Waals surface area contributed by atoms with Crippen LogP contribution in [0.5, 0.6) is 0 Å². The first-order valence-electron chi connectivity index (χ1n) is 7.22. The first-order chi connectivity index (χ1) is 9.24. The quantitative estimate of drug-likeness (QED) is 0.917. The first-order valence-corrected chi connectivity index (χ1v) is 7.22.